The van der Waals surface area contributed by atoms with Crippen molar-refractivity contribution in [1.82, 2.24) is 25.1 Å². The molecule has 0 atom stereocenters. The minimum atomic E-state index is -0.519. The number of nitro benzene ring substituents is 1. The number of nitrogens with two attached hydrogens (primary N) is 1. The number of nitrogens with one attached hydrogen (secondary N) is 1. The van der Waals surface area contributed by atoms with Crippen molar-refractivity contribution in [3.05, 3.63) is 75.3 Å². The molecule has 0 fully saturated rings. The molecule has 2 aromatic heterocycles. The number of halogens is 1. The fourth-order valence-corrected chi connectivity index (χ4v) is 3.62. The third kappa shape index (κ3) is 4.42. The second kappa shape index (κ2) is 8.58. The predicted molar refractivity (Wildman–Crippen MR) is 116 cm³/mol. The van der Waals surface area contributed by atoms with E-state index in [1.54, 1.807) is 18.2 Å². The van der Waals surface area contributed by atoms with Crippen LogP contribution < -0.4 is 5.84 Å². The van der Waals surface area contributed by atoms with Crippen molar-refractivity contribution >= 4 is 34.8 Å². The number of nitrogen functional groups attached to an aromatic ring is 1. The van der Waals surface area contributed by atoms with Crippen LogP contribution in [-0.2, 0) is 0 Å². The van der Waals surface area contributed by atoms with Crippen molar-refractivity contribution in [3.63, 3.8) is 0 Å². The van der Waals surface area contributed by atoms with E-state index in [2.05, 4.69) is 20.4 Å². The van der Waals surface area contributed by atoms with E-state index < -0.39 is 4.92 Å². The van der Waals surface area contributed by atoms with E-state index in [9.17, 15) is 14.9 Å². The van der Waals surface area contributed by atoms with Gasteiger partial charge < -0.3 is 5.84 Å². The number of H-pyrrole nitrogens is 1. The molecule has 2 aromatic carbocycles. The Morgan fingerprint density at radius 2 is 1.87 bits per heavy atom. The number of thioether (sulfide) groups is 1. The molecule has 0 aliphatic carbocycles. The molecule has 0 saturated heterocycles. The highest BCUT2D eigenvalue weighted by Gasteiger charge is 2.17. The molecular formula is C19H14ClN7O3S. The summed E-state index contributed by atoms with van der Waals surface area (Å²) in [6.07, 6.45) is 0. The third-order valence-electron chi connectivity index (χ3n) is 4.36. The number of ketones is 1. The number of rotatable bonds is 7. The molecule has 10 nitrogen and oxygen atoms in total. The van der Waals surface area contributed by atoms with Gasteiger partial charge in [0.05, 0.1) is 16.4 Å². The lowest BCUT2D eigenvalue weighted by atomic mass is 10.1. The number of nitro groups is 1. The van der Waals surface area contributed by atoms with Crippen molar-refractivity contribution in [3.8, 4) is 22.8 Å². The molecule has 156 valence electrons. The molecule has 2 heterocycles. The van der Waals surface area contributed by atoms with Crippen LogP contribution in [0.25, 0.3) is 22.8 Å². The number of carbonyl (C=O) groups is 1. The quantitative estimate of drug-likeness (QED) is 0.141. The Labute approximate surface area is 184 Å². The lowest BCUT2D eigenvalue weighted by molar-refractivity contribution is -0.384. The summed E-state index contributed by atoms with van der Waals surface area (Å²) in [5.41, 5.74) is 2.42. The summed E-state index contributed by atoms with van der Waals surface area (Å²) in [6.45, 7) is 0. The molecule has 0 spiro atoms. The summed E-state index contributed by atoms with van der Waals surface area (Å²) < 4.78 is 1.27. The topological polar surface area (TPSA) is 146 Å². The Bertz CT molecular complexity index is 1250. The van der Waals surface area contributed by atoms with E-state index in [4.69, 9.17) is 17.4 Å². The Morgan fingerprint density at radius 1 is 1.16 bits per heavy atom. The van der Waals surface area contributed by atoms with Gasteiger partial charge in [0.15, 0.2) is 5.78 Å². The van der Waals surface area contributed by atoms with Crippen LogP contribution in [0.5, 0.6) is 0 Å². The molecule has 12 heteroatoms. The predicted octanol–water partition coefficient (Wildman–Crippen LogP) is 3.59. The Kier molecular flexibility index (Phi) is 5.69. The van der Waals surface area contributed by atoms with Crippen LogP contribution in [0.2, 0.25) is 5.02 Å². The van der Waals surface area contributed by atoms with Gasteiger partial charge in [-0.05, 0) is 30.3 Å². The number of nitrogens with zero attached hydrogens (tertiary/aromatic N) is 5. The maximum Gasteiger partial charge on any atom is 0.269 e. The molecular weight excluding hydrogens is 442 g/mol. The highest BCUT2D eigenvalue weighted by Crippen LogP contribution is 2.26. The van der Waals surface area contributed by atoms with Gasteiger partial charge in [-0.15, -0.1) is 10.2 Å². The van der Waals surface area contributed by atoms with Gasteiger partial charge in [0.2, 0.25) is 11.0 Å². The largest absolute Gasteiger partial charge is 0.335 e. The van der Waals surface area contributed by atoms with Gasteiger partial charge in [0.25, 0.3) is 5.69 Å². The van der Waals surface area contributed by atoms with Crippen molar-refractivity contribution < 1.29 is 9.72 Å². The van der Waals surface area contributed by atoms with E-state index in [0.29, 0.717) is 33.0 Å². The van der Waals surface area contributed by atoms with Gasteiger partial charge in [-0.2, -0.15) is 5.10 Å². The minimum absolute atomic E-state index is 0.0478. The van der Waals surface area contributed by atoms with Gasteiger partial charge in [-0.1, -0.05) is 35.5 Å². The number of non-ortho nitro benzene ring substituents is 1. The van der Waals surface area contributed by atoms with Crippen LogP contribution >= 0.6 is 23.4 Å². The fraction of sp³-hybridized carbons (Fsp3) is 0.0526. The van der Waals surface area contributed by atoms with E-state index >= 15 is 0 Å². The average molecular weight is 456 g/mol. The monoisotopic (exact) mass is 455 g/mol. The number of hydrogen-bond donors (Lipinski definition) is 2. The molecule has 3 N–H and O–H groups in total. The Balaban J connectivity index is 1.45. The zero-order chi connectivity index (χ0) is 22.0. The molecule has 0 aliphatic heterocycles. The summed E-state index contributed by atoms with van der Waals surface area (Å²) in [5.74, 6) is 6.30. The lowest BCUT2D eigenvalue weighted by Crippen LogP contribution is -2.13. The summed E-state index contributed by atoms with van der Waals surface area (Å²) in [7, 11) is 0. The molecule has 0 bridgehead atoms. The second-order valence-electron chi connectivity index (χ2n) is 6.37. The Hall–Kier alpha value is -3.70. The molecule has 0 unspecified atom stereocenters. The normalized spacial score (nSPS) is 10.9. The maximum absolute atomic E-state index is 12.4. The third-order valence-corrected chi connectivity index (χ3v) is 5.55. The number of hydrogen-bond acceptors (Lipinski definition) is 8. The van der Waals surface area contributed by atoms with Gasteiger partial charge in [0, 0.05) is 28.3 Å². The molecule has 0 saturated carbocycles. The first-order valence-corrected chi connectivity index (χ1v) is 10.2. The van der Waals surface area contributed by atoms with Gasteiger partial charge in [-0.25, -0.2) is 4.68 Å². The molecule has 0 amide bonds. The maximum atomic E-state index is 12.4. The molecule has 31 heavy (non-hydrogen) atoms. The smallest absolute Gasteiger partial charge is 0.269 e. The van der Waals surface area contributed by atoms with Crippen LogP contribution in [0, 0.1) is 10.1 Å². The summed E-state index contributed by atoms with van der Waals surface area (Å²) in [4.78, 5) is 22.6. The zero-order valence-electron chi connectivity index (χ0n) is 15.7. The van der Waals surface area contributed by atoms with Gasteiger partial charge >= 0.3 is 0 Å². The number of aromatic amines is 1. The van der Waals surface area contributed by atoms with Crippen LogP contribution in [-0.4, -0.2) is 41.5 Å². The number of Topliss-reactive ketones (excluding diaryl/α,β-unsaturated/α-hetero) is 1. The highest BCUT2D eigenvalue weighted by atomic mass is 35.5. The SMILES string of the molecule is Nn1c(SCC(=O)c2ccc([N+](=O)[O-])cc2)nnc1-c1cc(-c2ccc(Cl)cc2)n[nH]1. The average Bonchev–Trinajstić information content (AvgIpc) is 3.39. The van der Waals surface area contributed by atoms with Crippen LogP contribution in [0.3, 0.4) is 0 Å². The summed E-state index contributed by atoms with van der Waals surface area (Å²) in [5, 5.41) is 26.9. The summed E-state index contributed by atoms with van der Waals surface area (Å²) >= 11 is 7.03. The van der Waals surface area contributed by atoms with E-state index in [-0.39, 0.29) is 17.2 Å². The minimum Gasteiger partial charge on any atom is -0.335 e. The first-order chi connectivity index (χ1) is 14.9. The molecule has 0 radical (unpaired) electrons. The Morgan fingerprint density at radius 3 is 2.55 bits per heavy atom. The van der Waals surface area contributed by atoms with Crippen LogP contribution in [0.15, 0.2) is 59.8 Å². The van der Waals surface area contributed by atoms with Crippen molar-refractivity contribution in [2.45, 2.75) is 5.16 Å². The van der Waals surface area contributed by atoms with Crippen LogP contribution in [0.4, 0.5) is 5.69 Å². The second-order valence-corrected chi connectivity index (χ2v) is 7.74. The number of aromatic nitrogens is 5. The van der Waals surface area contributed by atoms with Gasteiger partial charge in [-0.3, -0.25) is 20.0 Å². The zero-order valence-corrected chi connectivity index (χ0v) is 17.3. The van der Waals surface area contributed by atoms with E-state index in [1.807, 2.05) is 12.1 Å². The van der Waals surface area contributed by atoms with E-state index in [0.717, 1.165) is 17.3 Å². The van der Waals surface area contributed by atoms with Crippen molar-refractivity contribution in [2.75, 3.05) is 11.6 Å². The molecule has 4 rings (SSSR count). The molecule has 4 aromatic rings. The lowest BCUT2D eigenvalue weighted by Gasteiger charge is -2.02. The van der Waals surface area contributed by atoms with Crippen LogP contribution in [0.1, 0.15) is 10.4 Å². The fourth-order valence-electron chi connectivity index (χ4n) is 2.75. The number of carbonyl (C=O) groups excluding carboxylic acids is 1. The van der Waals surface area contributed by atoms with Gasteiger partial charge in [0.1, 0.15) is 5.69 Å². The van der Waals surface area contributed by atoms with E-state index in [1.165, 1.54) is 28.9 Å². The first kappa shape index (κ1) is 20.6. The summed E-state index contributed by atoms with van der Waals surface area (Å²) in [6, 6.07) is 14.4. The van der Waals surface area contributed by atoms with Crippen molar-refractivity contribution in [2.24, 2.45) is 0 Å². The highest BCUT2D eigenvalue weighted by molar-refractivity contribution is 7.99. The molecule has 0 aliphatic rings. The number of benzene rings is 2. The standard InChI is InChI=1S/C19H14ClN7O3S/c20-13-5-1-11(2-6-13)15-9-16(23-22-15)18-24-25-19(26(18)21)31-10-17(28)12-3-7-14(8-4-12)27(29)30/h1-9H,10,21H2,(H,22,23). The first-order valence-electron chi connectivity index (χ1n) is 8.85. The van der Waals surface area contributed by atoms with Crippen molar-refractivity contribution in [1.29, 1.82) is 0 Å².